The molecule has 0 bridgehead atoms. The van der Waals surface area contributed by atoms with Gasteiger partial charge in [-0.2, -0.15) is 0 Å². The van der Waals surface area contributed by atoms with Crippen molar-refractivity contribution >= 4 is 5.78 Å². The Morgan fingerprint density at radius 3 is 1.03 bits per heavy atom. The van der Waals surface area contributed by atoms with Crippen molar-refractivity contribution in [2.75, 3.05) is 6.61 Å². The highest BCUT2D eigenvalue weighted by Gasteiger charge is 2.02. The first kappa shape index (κ1) is 28.6. The molecule has 0 rings (SSSR count). The number of hydrogen-bond acceptors (Lipinski definition) is 2. The van der Waals surface area contributed by atoms with Crippen molar-refractivity contribution in [1.29, 1.82) is 0 Å². The number of carbonyl (C=O) groups excluding carboxylic acids is 1. The maximum Gasteiger partial charge on any atom is 0.132 e. The Morgan fingerprint density at radius 2 is 0.724 bits per heavy atom. The predicted molar refractivity (Wildman–Crippen MR) is 129 cm³/mol. The van der Waals surface area contributed by atoms with Crippen LogP contribution in [0.5, 0.6) is 0 Å². The highest BCUT2D eigenvalue weighted by molar-refractivity contribution is 5.78. The highest BCUT2D eigenvalue weighted by atomic mass is 16.2. The van der Waals surface area contributed by atoms with Crippen molar-refractivity contribution in [2.45, 2.75) is 161 Å². The Kier molecular flexibility index (Phi) is 25.3. The molecule has 2 nitrogen and oxygen atoms in total. The second-order valence-corrected chi connectivity index (χ2v) is 9.19. The summed E-state index contributed by atoms with van der Waals surface area (Å²) < 4.78 is 0. The van der Waals surface area contributed by atoms with E-state index < -0.39 is 0 Å². The van der Waals surface area contributed by atoms with E-state index in [2.05, 4.69) is 6.92 Å². The number of ketones is 1. The summed E-state index contributed by atoms with van der Waals surface area (Å²) in [5.41, 5.74) is 0. The van der Waals surface area contributed by atoms with Gasteiger partial charge in [0, 0.05) is 19.4 Å². The Labute approximate surface area is 183 Å². The molecule has 0 aromatic rings. The zero-order chi connectivity index (χ0) is 21.3. The van der Waals surface area contributed by atoms with Crippen LogP contribution >= 0.6 is 0 Å². The molecule has 1 N–H and O–H groups in total. The van der Waals surface area contributed by atoms with Crippen LogP contribution in [0.2, 0.25) is 0 Å². The molecule has 0 aliphatic rings. The van der Waals surface area contributed by atoms with Gasteiger partial charge in [0.1, 0.15) is 5.78 Å². The van der Waals surface area contributed by atoms with Gasteiger partial charge in [0.2, 0.25) is 0 Å². The van der Waals surface area contributed by atoms with Crippen LogP contribution in [0.15, 0.2) is 0 Å². The standard InChI is InChI=1S/C27H54O2/c1-2-3-4-5-6-7-9-12-15-18-21-24-27(29)25-22-19-16-13-10-8-11-14-17-20-23-26-28/h28H,2-26H2,1H3. The molecule has 29 heavy (non-hydrogen) atoms. The number of aliphatic hydroxyl groups excluding tert-OH is 1. The molecule has 0 saturated carbocycles. The lowest BCUT2D eigenvalue weighted by Crippen LogP contribution is -1.97. The maximum absolute atomic E-state index is 12.0. The molecule has 0 aliphatic heterocycles. The second-order valence-electron chi connectivity index (χ2n) is 9.19. The van der Waals surface area contributed by atoms with Crippen LogP contribution in [0, 0.1) is 0 Å². The number of carbonyl (C=O) groups is 1. The largest absolute Gasteiger partial charge is 0.396 e. The minimum absolute atomic E-state index is 0.349. The molecule has 0 radical (unpaired) electrons. The topological polar surface area (TPSA) is 37.3 Å². The lowest BCUT2D eigenvalue weighted by molar-refractivity contribution is -0.119. The molecule has 0 unspecified atom stereocenters. The van der Waals surface area contributed by atoms with Crippen LogP contribution in [0.3, 0.4) is 0 Å². The molecule has 174 valence electrons. The normalized spacial score (nSPS) is 11.2. The van der Waals surface area contributed by atoms with Crippen LogP contribution in [-0.4, -0.2) is 17.5 Å². The van der Waals surface area contributed by atoms with E-state index in [1.165, 1.54) is 122 Å². The lowest BCUT2D eigenvalue weighted by atomic mass is 10.0. The molecule has 2 heteroatoms. The Hall–Kier alpha value is -0.370. The van der Waals surface area contributed by atoms with E-state index in [1.54, 1.807) is 0 Å². The fourth-order valence-corrected chi connectivity index (χ4v) is 4.14. The monoisotopic (exact) mass is 410 g/mol. The molecule has 0 atom stereocenters. The van der Waals surface area contributed by atoms with E-state index in [-0.39, 0.29) is 0 Å². The summed E-state index contributed by atoms with van der Waals surface area (Å²) in [5.74, 6) is 0.504. The average Bonchev–Trinajstić information content (AvgIpc) is 2.72. The van der Waals surface area contributed by atoms with Gasteiger partial charge in [-0.3, -0.25) is 4.79 Å². The molecule has 0 aromatic heterocycles. The predicted octanol–water partition coefficient (Wildman–Crippen LogP) is 8.93. The zero-order valence-electron chi connectivity index (χ0n) is 20.0. The van der Waals surface area contributed by atoms with E-state index >= 15 is 0 Å². The summed E-state index contributed by atoms with van der Waals surface area (Å²) in [6, 6.07) is 0. The summed E-state index contributed by atoms with van der Waals surface area (Å²) in [6.45, 7) is 2.63. The van der Waals surface area contributed by atoms with Crippen LogP contribution in [0.25, 0.3) is 0 Å². The van der Waals surface area contributed by atoms with Gasteiger partial charge in [-0.15, -0.1) is 0 Å². The Balaban J connectivity index is 3.13. The first-order valence-electron chi connectivity index (χ1n) is 13.4. The lowest BCUT2D eigenvalue weighted by Gasteiger charge is -2.04. The summed E-state index contributed by atoms with van der Waals surface area (Å²) >= 11 is 0. The van der Waals surface area contributed by atoms with Crippen molar-refractivity contribution in [3.05, 3.63) is 0 Å². The zero-order valence-corrected chi connectivity index (χ0v) is 20.0. The van der Waals surface area contributed by atoms with Gasteiger partial charge in [0.15, 0.2) is 0 Å². The molecular weight excluding hydrogens is 356 g/mol. The van der Waals surface area contributed by atoms with E-state index in [0.29, 0.717) is 12.4 Å². The van der Waals surface area contributed by atoms with E-state index in [4.69, 9.17) is 5.11 Å². The first-order valence-corrected chi connectivity index (χ1v) is 13.4. The van der Waals surface area contributed by atoms with Crippen LogP contribution in [-0.2, 0) is 4.79 Å². The van der Waals surface area contributed by atoms with E-state index in [0.717, 1.165) is 32.1 Å². The maximum atomic E-state index is 12.0. The number of rotatable bonds is 25. The van der Waals surface area contributed by atoms with Gasteiger partial charge in [-0.05, 0) is 19.3 Å². The molecular formula is C27H54O2. The molecule has 0 aliphatic carbocycles. The van der Waals surface area contributed by atoms with Crippen LogP contribution in [0.1, 0.15) is 161 Å². The minimum Gasteiger partial charge on any atom is -0.396 e. The van der Waals surface area contributed by atoms with Crippen molar-refractivity contribution < 1.29 is 9.90 Å². The van der Waals surface area contributed by atoms with E-state index in [9.17, 15) is 4.79 Å². The van der Waals surface area contributed by atoms with Crippen LogP contribution in [0.4, 0.5) is 0 Å². The Morgan fingerprint density at radius 1 is 0.448 bits per heavy atom. The highest BCUT2D eigenvalue weighted by Crippen LogP contribution is 2.14. The number of Topliss-reactive ketones (excluding diaryl/α,β-unsaturated/α-hetero) is 1. The van der Waals surface area contributed by atoms with Gasteiger partial charge in [0.05, 0.1) is 0 Å². The summed E-state index contributed by atoms with van der Waals surface area (Å²) in [7, 11) is 0. The second kappa shape index (κ2) is 25.7. The van der Waals surface area contributed by atoms with E-state index in [1.807, 2.05) is 0 Å². The van der Waals surface area contributed by atoms with Crippen molar-refractivity contribution in [2.24, 2.45) is 0 Å². The quantitative estimate of drug-likeness (QED) is 0.152. The number of unbranched alkanes of at least 4 members (excludes halogenated alkanes) is 20. The van der Waals surface area contributed by atoms with Gasteiger partial charge < -0.3 is 5.11 Å². The summed E-state index contributed by atoms with van der Waals surface area (Å²) in [4.78, 5) is 12.0. The molecule has 0 saturated heterocycles. The Bertz CT molecular complexity index is 314. The van der Waals surface area contributed by atoms with Gasteiger partial charge in [0.25, 0.3) is 0 Å². The molecule has 0 amide bonds. The van der Waals surface area contributed by atoms with Gasteiger partial charge in [-0.1, -0.05) is 129 Å². The van der Waals surface area contributed by atoms with Gasteiger partial charge >= 0.3 is 0 Å². The molecule has 0 spiro atoms. The smallest absolute Gasteiger partial charge is 0.132 e. The fraction of sp³-hybridized carbons (Fsp3) is 0.963. The van der Waals surface area contributed by atoms with Crippen molar-refractivity contribution in [1.82, 2.24) is 0 Å². The third kappa shape index (κ3) is 25.6. The molecule has 0 fully saturated rings. The molecule has 0 aromatic carbocycles. The summed E-state index contributed by atoms with van der Waals surface area (Å²) in [5, 5.41) is 8.74. The summed E-state index contributed by atoms with van der Waals surface area (Å²) in [6.07, 6.45) is 30.3. The van der Waals surface area contributed by atoms with Gasteiger partial charge in [-0.25, -0.2) is 0 Å². The third-order valence-electron chi connectivity index (χ3n) is 6.17. The first-order chi connectivity index (χ1) is 14.3. The number of hydrogen-bond donors (Lipinski definition) is 1. The SMILES string of the molecule is CCCCCCCCCCCCCC(=O)CCCCCCCCCCCCCO. The van der Waals surface area contributed by atoms with Crippen molar-refractivity contribution in [3.8, 4) is 0 Å². The molecule has 0 heterocycles. The third-order valence-corrected chi connectivity index (χ3v) is 6.17. The number of aliphatic hydroxyl groups is 1. The van der Waals surface area contributed by atoms with Crippen molar-refractivity contribution in [3.63, 3.8) is 0 Å². The minimum atomic E-state index is 0.349. The van der Waals surface area contributed by atoms with Crippen LogP contribution < -0.4 is 0 Å². The average molecular weight is 411 g/mol. The fourth-order valence-electron chi connectivity index (χ4n) is 4.14.